The lowest BCUT2D eigenvalue weighted by Gasteiger charge is -2.63. The van der Waals surface area contributed by atoms with Crippen molar-refractivity contribution >= 4 is 11.7 Å². The van der Waals surface area contributed by atoms with Gasteiger partial charge in [0.2, 0.25) is 0 Å². The summed E-state index contributed by atoms with van der Waals surface area (Å²) >= 11 is 0. The molecule has 0 radical (unpaired) electrons. The fraction of sp³-hybridized carbons (Fsp3) is 0.619. The van der Waals surface area contributed by atoms with E-state index in [-0.39, 0.29) is 35.6 Å². The molecule has 1 aliphatic heterocycles. The second kappa shape index (κ2) is 5.55. The van der Waals surface area contributed by atoms with Crippen molar-refractivity contribution in [3.8, 4) is 5.75 Å². The van der Waals surface area contributed by atoms with Gasteiger partial charge in [-0.2, -0.15) is 0 Å². The van der Waals surface area contributed by atoms with Crippen LogP contribution in [0.25, 0.3) is 0 Å². The molecular formula is C21H26N2O4. The Bertz CT molecular complexity index is 1060. The van der Waals surface area contributed by atoms with Gasteiger partial charge >= 0.3 is 0 Å². The molecule has 4 N–H and O–H groups in total. The zero-order valence-corrected chi connectivity index (χ0v) is 14.9. The third-order valence-electron chi connectivity index (χ3n) is 6.81. The van der Waals surface area contributed by atoms with E-state index in [1.54, 1.807) is 0 Å². The van der Waals surface area contributed by atoms with E-state index in [1.807, 2.05) is 4.90 Å². The number of carbonyl (C=O) groups is 2. The Hall–Kier alpha value is -1.92. The quantitative estimate of drug-likeness (QED) is 0.738. The van der Waals surface area contributed by atoms with Crippen LogP contribution in [0.4, 0.5) is 0 Å². The Balaban J connectivity index is 1.84. The molecule has 1 heterocycles. The number of Topliss-reactive ketones (excluding diaryl/α,β-unsaturated/α-hetero) is 1. The largest absolute Gasteiger partial charge is 0.507 e. The Morgan fingerprint density at radius 1 is 1.44 bits per heavy atom. The maximum atomic E-state index is 13.1. The summed E-state index contributed by atoms with van der Waals surface area (Å²) in [6.45, 7) is 1.00. The number of rotatable bonds is 3. The van der Waals surface area contributed by atoms with Gasteiger partial charge in [0.25, 0.3) is 5.91 Å². The molecule has 3 fully saturated rings. The molecule has 1 saturated heterocycles. The van der Waals surface area contributed by atoms with E-state index in [9.17, 15) is 19.8 Å². The van der Waals surface area contributed by atoms with Crippen molar-refractivity contribution < 1.29 is 26.7 Å². The highest BCUT2D eigenvalue weighted by Crippen LogP contribution is 2.60. The molecule has 2 saturated carbocycles. The number of benzene rings is 1. The number of aromatic hydroxyl groups is 1. The van der Waals surface area contributed by atoms with Crippen molar-refractivity contribution in [3.63, 3.8) is 0 Å². The molecule has 1 aromatic rings. The van der Waals surface area contributed by atoms with Crippen LogP contribution < -0.4 is 5.73 Å². The molecule has 5 rings (SSSR count). The highest BCUT2D eigenvalue weighted by Gasteiger charge is 2.65. The molecule has 1 aromatic carbocycles. The van der Waals surface area contributed by atoms with Gasteiger partial charge in [-0.1, -0.05) is 6.04 Å². The third kappa shape index (κ3) is 2.26. The molecule has 0 aromatic heterocycles. The number of piperidine rings is 1. The minimum atomic E-state index is -2.89. The van der Waals surface area contributed by atoms with Crippen LogP contribution in [0.5, 0.6) is 5.75 Å². The standard InChI is InChI=1S/C21H26N2O4/c22-19(26)15-4-3-13-9-16-21(27)6-5-14(24)10-20(21,17(13)18(15)25)7-8-23(16)11-12-1-2-12/h3-4,12,16,25,27H,1-2,5-11H2,(H2,22,26)/t16-,20-,21-/m1/s1/i3D,5D2,10D2. The van der Waals surface area contributed by atoms with Crippen LogP contribution in [-0.4, -0.2) is 51.5 Å². The Morgan fingerprint density at radius 2 is 2.22 bits per heavy atom. The summed E-state index contributed by atoms with van der Waals surface area (Å²) in [5, 5.41) is 23.3. The second-order valence-electron chi connectivity index (χ2n) is 8.31. The number of primary amides is 1. The smallest absolute Gasteiger partial charge is 0.252 e. The molecule has 4 aliphatic rings. The Morgan fingerprint density at radius 3 is 2.93 bits per heavy atom. The predicted octanol–water partition coefficient (Wildman–Crippen LogP) is 1.25. The Labute approximate surface area is 165 Å². The van der Waals surface area contributed by atoms with Gasteiger partial charge in [0, 0.05) is 41.8 Å². The van der Waals surface area contributed by atoms with Crippen LogP contribution in [0.1, 0.15) is 66.8 Å². The van der Waals surface area contributed by atoms with E-state index < -0.39 is 53.7 Å². The summed E-state index contributed by atoms with van der Waals surface area (Å²) in [4.78, 5) is 27.1. The van der Waals surface area contributed by atoms with Gasteiger partial charge in [-0.05, 0) is 56.2 Å². The van der Waals surface area contributed by atoms with Gasteiger partial charge in [-0.25, -0.2) is 0 Å². The average Bonchev–Trinajstić information content (AvgIpc) is 3.48. The van der Waals surface area contributed by atoms with Crippen LogP contribution in [0, 0.1) is 5.92 Å². The molecule has 2 bridgehead atoms. The molecule has 0 spiro atoms. The van der Waals surface area contributed by atoms with Crippen molar-refractivity contribution in [2.45, 2.75) is 61.9 Å². The van der Waals surface area contributed by atoms with E-state index in [1.165, 1.54) is 0 Å². The van der Waals surface area contributed by atoms with Gasteiger partial charge in [-0.3, -0.25) is 14.5 Å². The number of aliphatic hydroxyl groups is 1. The summed E-state index contributed by atoms with van der Waals surface area (Å²) in [5.41, 5.74) is 1.10. The lowest BCUT2D eigenvalue weighted by molar-refractivity contribution is -0.173. The highest BCUT2D eigenvalue weighted by molar-refractivity contribution is 5.96. The van der Waals surface area contributed by atoms with E-state index in [4.69, 9.17) is 12.6 Å². The van der Waals surface area contributed by atoms with Gasteiger partial charge in [0.1, 0.15) is 11.5 Å². The molecule has 144 valence electrons. The fourth-order valence-corrected chi connectivity index (χ4v) is 5.29. The van der Waals surface area contributed by atoms with Crippen LogP contribution in [0.2, 0.25) is 0 Å². The van der Waals surface area contributed by atoms with Crippen molar-refractivity contribution in [2.24, 2.45) is 11.7 Å². The van der Waals surface area contributed by atoms with Crippen LogP contribution in [0.15, 0.2) is 12.1 Å². The van der Waals surface area contributed by atoms with Crippen molar-refractivity contribution in [3.05, 3.63) is 28.8 Å². The van der Waals surface area contributed by atoms with E-state index in [0.717, 1.165) is 18.9 Å². The van der Waals surface area contributed by atoms with Gasteiger partial charge in [0.05, 0.1) is 12.5 Å². The number of phenols is 1. The molecule has 27 heavy (non-hydrogen) atoms. The first-order valence-electron chi connectivity index (χ1n) is 11.9. The predicted molar refractivity (Wildman–Crippen MR) is 98.5 cm³/mol. The van der Waals surface area contributed by atoms with Crippen LogP contribution in [0.3, 0.4) is 0 Å². The molecule has 1 amide bonds. The molecule has 6 heteroatoms. The third-order valence-corrected chi connectivity index (χ3v) is 6.81. The summed E-state index contributed by atoms with van der Waals surface area (Å²) in [6.07, 6.45) is -4.01. The lowest BCUT2D eigenvalue weighted by Crippen LogP contribution is -2.73. The molecule has 6 nitrogen and oxygen atoms in total. The van der Waals surface area contributed by atoms with Gasteiger partial charge in [-0.15, -0.1) is 0 Å². The maximum absolute atomic E-state index is 13.1. The zero-order chi connectivity index (χ0) is 23.4. The Kier molecular flexibility index (Phi) is 2.57. The van der Waals surface area contributed by atoms with E-state index in [0.29, 0.717) is 19.0 Å². The van der Waals surface area contributed by atoms with Crippen LogP contribution in [-0.2, 0) is 16.6 Å². The van der Waals surface area contributed by atoms with Crippen molar-refractivity contribution in [2.75, 3.05) is 13.1 Å². The number of ketones is 1. The number of carbonyl (C=O) groups excluding carboxylic acids is 2. The summed E-state index contributed by atoms with van der Waals surface area (Å²) < 4.78 is 42.6. The van der Waals surface area contributed by atoms with Crippen molar-refractivity contribution in [1.29, 1.82) is 0 Å². The first kappa shape index (κ1) is 12.5. The normalized spacial score (nSPS) is 41.9. The molecule has 0 unspecified atom stereocenters. The number of hydrogen-bond acceptors (Lipinski definition) is 5. The second-order valence-corrected chi connectivity index (χ2v) is 8.31. The minimum Gasteiger partial charge on any atom is -0.507 e. The van der Waals surface area contributed by atoms with Gasteiger partial charge in [0.15, 0.2) is 0 Å². The van der Waals surface area contributed by atoms with Gasteiger partial charge < -0.3 is 15.9 Å². The first-order valence-corrected chi connectivity index (χ1v) is 9.45. The number of nitrogens with two attached hydrogens (primary N) is 1. The zero-order valence-electron chi connectivity index (χ0n) is 19.9. The number of amides is 1. The summed E-state index contributed by atoms with van der Waals surface area (Å²) in [5.74, 6) is -2.49. The first-order chi connectivity index (χ1) is 14.8. The molecule has 3 atom stereocenters. The number of likely N-dealkylation sites (tertiary alicyclic amines) is 1. The fourth-order valence-electron chi connectivity index (χ4n) is 5.29. The topological polar surface area (TPSA) is 104 Å². The average molecular weight is 375 g/mol. The molecule has 3 aliphatic carbocycles. The number of nitrogens with zero attached hydrogens (tertiary/aromatic N) is 1. The van der Waals surface area contributed by atoms with Crippen LogP contribution >= 0.6 is 0 Å². The van der Waals surface area contributed by atoms with E-state index >= 15 is 0 Å². The monoisotopic (exact) mass is 375 g/mol. The molecular weight excluding hydrogens is 344 g/mol. The summed E-state index contributed by atoms with van der Waals surface area (Å²) in [6, 6.07) is 0.284. The number of fused-ring (bicyclic) bond motifs is 1. The highest BCUT2D eigenvalue weighted by atomic mass is 16.3. The maximum Gasteiger partial charge on any atom is 0.252 e. The number of hydrogen-bond donors (Lipinski definition) is 3. The van der Waals surface area contributed by atoms with Crippen molar-refractivity contribution in [1.82, 2.24) is 4.90 Å². The SMILES string of the molecule is [2H]c1cc(C(N)=O)c(O)c2c1C[C@H]1N(CC3CC3)CC[C@@]23C([2H])([2H])C(=O)C([2H])([2H])C[C@@]13O. The lowest BCUT2D eigenvalue weighted by atomic mass is 9.49. The van der Waals surface area contributed by atoms with E-state index in [2.05, 4.69) is 0 Å². The summed E-state index contributed by atoms with van der Waals surface area (Å²) in [7, 11) is 0. The minimum absolute atomic E-state index is 0.0657.